The summed E-state index contributed by atoms with van der Waals surface area (Å²) in [6.07, 6.45) is 0.892. The smallest absolute Gasteiger partial charge is 0.306 e. The Kier molecular flexibility index (Phi) is 5.88. The monoisotopic (exact) mass is 379 g/mol. The summed E-state index contributed by atoms with van der Waals surface area (Å²) in [5.41, 5.74) is 1.04. The zero-order valence-electron chi connectivity index (χ0n) is 15.6. The Morgan fingerprint density at radius 3 is 2.81 bits per heavy atom. The van der Waals surface area contributed by atoms with Crippen LogP contribution in [0.15, 0.2) is 12.7 Å². The minimum Gasteiger partial charge on any atom is -0.455 e. The molecule has 3 heterocycles. The zero-order valence-corrected chi connectivity index (χ0v) is 15.6. The molecule has 2 aromatic heterocycles. The molecule has 4 atom stereocenters. The second-order valence-corrected chi connectivity index (χ2v) is 6.71. The molecule has 1 fully saturated rings. The number of fused-ring (bicyclic) bond motifs is 1. The van der Waals surface area contributed by atoms with E-state index in [0.717, 1.165) is 6.42 Å². The van der Waals surface area contributed by atoms with E-state index >= 15 is 0 Å². The molecule has 0 unspecified atom stereocenters. The van der Waals surface area contributed by atoms with Crippen molar-refractivity contribution in [2.45, 2.75) is 50.7 Å². The first kappa shape index (κ1) is 19.5. The van der Waals surface area contributed by atoms with Gasteiger partial charge in [-0.1, -0.05) is 13.3 Å². The van der Waals surface area contributed by atoms with Gasteiger partial charge in [0.15, 0.2) is 29.3 Å². The average Bonchev–Trinajstić information content (AvgIpc) is 3.21. The van der Waals surface area contributed by atoms with Gasteiger partial charge in [-0.15, -0.1) is 0 Å². The van der Waals surface area contributed by atoms with Crippen LogP contribution in [-0.2, 0) is 14.3 Å². The predicted octanol–water partition coefficient (Wildman–Crippen LogP) is 0.245. The van der Waals surface area contributed by atoms with Crippen LogP contribution in [-0.4, -0.2) is 74.7 Å². The quantitative estimate of drug-likeness (QED) is 0.651. The Balaban J connectivity index is 1.94. The third-order valence-corrected chi connectivity index (χ3v) is 4.53. The second kappa shape index (κ2) is 8.15. The summed E-state index contributed by atoms with van der Waals surface area (Å²) in [6, 6.07) is 0. The predicted molar refractivity (Wildman–Crippen MR) is 96.1 cm³/mol. The summed E-state index contributed by atoms with van der Waals surface area (Å²) in [4.78, 5) is 26.8. The Morgan fingerprint density at radius 1 is 1.37 bits per heavy atom. The molecule has 148 valence electrons. The lowest BCUT2D eigenvalue weighted by atomic mass is 10.1. The van der Waals surface area contributed by atoms with Crippen LogP contribution in [0.1, 0.15) is 32.4 Å². The number of carbonyl (C=O) groups is 1. The van der Waals surface area contributed by atoms with Gasteiger partial charge >= 0.3 is 5.97 Å². The van der Waals surface area contributed by atoms with Crippen LogP contribution in [0.2, 0.25) is 0 Å². The third-order valence-electron chi connectivity index (χ3n) is 4.53. The molecule has 10 heteroatoms. The number of hydrogen-bond donors (Lipinski definition) is 2. The van der Waals surface area contributed by atoms with Gasteiger partial charge in [0.05, 0.1) is 12.9 Å². The van der Waals surface area contributed by atoms with E-state index in [4.69, 9.17) is 9.47 Å². The van der Waals surface area contributed by atoms with Crippen molar-refractivity contribution in [3.63, 3.8) is 0 Å². The van der Waals surface area contributed by atoms with E-state index < -0.39 is 37.1 Å². The van der Waals surface area contributed by atoms with Crippen LogP contribution in [0, 0.1) is 0 Å². The molecular formula is C17H25N5O5. The first-order valence-electron chi connectivity index (χ1n) is 8.96. The van der Waals surface area contributed by atoms with Gasteiger partial charge in [0.1, 0.15) is 18.5 Å². The summed E-state index contributed by atoms with van der Waals surface area (Å²) >= 11 is 0. The van der Waals surface area contributed by atoms with Gasteiger partial charge in [0.2, 0.25) is 0 Å². The normalized spacial score (nSPS) is 25.1. The summed E-state index contributed by atoms with van der Waals surface area (Å²) in [5.74, 6) is 0.216. The minimum atomic E-state index is -1.15. The van der Waals surface area contributed by atoms with Gasteiger partial charge in [0.25, 0.3) is 0 Å². The molecule has 0 radical (unpaired) electrons. The molecule has 1 aliphatic rings. The first-order chi connectivity index (χ1) is 13.0. The highest BCUT2D eigenvalue weighted by molar-refractivity contribution is 5.83. The molecule has 1 saturated heterocycles. The van der Waals surface area contributed by atoms with Crippen molar-refractivity contribution in [3.05, 3.63) is 12.7 Å². The first-order valence-corrected chi connectivity index (χ1v) is 8.96. The van der Waals surface area contributed by atoms with Crippen molar-refractivity contribution in [2.75, 3.05) is 25.6 Å². The van der Waals surface area contributed by atoms with Crippen molar-refractivity contribution >= 4 is 23.0 Å². The highest BCUT2D eigenvalue weighted by Gasteiger charge is 2.47. The third kappa shape index (κ3) is 3.73. The van der Waals surface area contributed by atoms with Crippen LogP contribution in [0.4, 0.5) is 5.82 Å². The Labute approximate surface area is 156 Å². The Hall–Kier alpha value is -2.30. The molecule has 0 aliphatic carbocycles. The highest BCUT2D eigenvalue weighted by Crippen LogP contribution is 2.34. The molecule has 0 saturated carbocycles. The van der Waals surface area contributed by atoms with E-state index in [1.54, 1.807) is 4.57 Å². The highest BCUT2D eigenvalue weighted by atomic mass is 16.6. The fraction of sp³-hybridized carbons (Fsp3) is 0.647. The molecule has 0 aromatic carbocycles. The van der Waals surface area contributed by atoms with Crippen LogP contribution in [0.25, 0.3) is 11.2 Å². The number of rotatable bonds is 7. The van der Waals surface area contributed by atoms with E-state index in [2.05, 4.69) is 15.0 Å². The van der Waals surface area contributed by atoms with E-state index in [-0.39, 0.29) is 6.42 Å². The van der Waals surface area contributed by atoms with Crippen molar-refractivity contribution < 1.29 is 24.5 Å². The number of aromatic nitrogens is 4. The molecule has 2 N–H and O–H groups in total. The van der Waals surface area contributed by atoms with Crippen LogP contribution >= 0.6 is 0 Å². The number of carbonyl (C=O) groups excluding carboxylic acids is 1. The molecule has 1 aliphatic heterocycles. The van der Waals surface area contributed by atoms with Crippen LogP contribution in [0.3, 0.4) is 0 Å². The summed E-state index contributed by atoms with van der Waals surface area (Å²) in [5, 5.41) is 20.0. The van der Waals surface area contributed by atoms with Crippen molar-refractivity contribution in [2.24, 2.45) is 0 Å². The van der Waals surface area contributed by atoms with Crippen molar-refractivity contribution in [1.82, 2.24) is 19.5 Å². The van der Waals surface area contributed by atoms with Gasteiger partial charge in [-0.2, -0.15) is 0 Å². The van der Waals surface area contributed by atoms with E-state index in [9.17, 15) is 15.0 Å². The molecule has 10 nitrogen and oxygen atoms in total. The van der Waals surface area contributed by atoms with Crippen molar-refractivity contribution in [1.29, 1.82) is 0 Å². The van der Waals surface area contributed by atoms with Gasteiger partial charge in [-0.3, -0.25) is 9.36 Å². The molecular weight excluding hydrogens is 354 g/mol. The zero-order chi connectivity index (χ0) is 19.6. The lowest BCUT2D eigenvalue weighted by molar-refractivity contribution is -0.158. The molecule has 0 amide bonds. The number of esters is 1. The number of nitrogens with zero attached hydrogens (tertiary/aromatic N) is 5. The van der Waals surface area contributed by atoms with E-state index in [0.29, 0.717) is 23.4 Å². The Morgan fingerprint density at radius 2 is 2.15 bits per heavy atom. The average molecular weight is 379 g/mol. The lowest BCUT2D eigenvalue weighted by Crippen LogP contribution is -2.37. The topological polar surface area (TPSA) is 123 Å². The maximum absolute atomic E-state index is 12.1. The molecule has 27 heavy (non-hydrogen) atoms. The summed E-state index contributed by atoms with van der Waals surface area (Å²) in [6.45, 7) is 1.58. The van der Waals surface area contributed by atoms with E-state index in [1.165, 1.54) is 12.7 Å². The molecule has 0 bridgehead atoms. The fourth-order valence-corrected chi connectivity index (χ4v) is 3.10. The number of ether oxygens (including phenoxy) is 2. The number of aliphatic hydroxyl groups excluding tert-OH is 2. The molecule has 0 spiro atoms. The van der Waals surface area contributed by atoms with Gasteiger partial charge in [-0.25, -0.2) is 15.0 Å². The fourth-order valence-electron chi connectivity index (χ4n) is 3.10. The van der Waals surface area contributed by atoms with Crippen molar-refractivity contribution in [3.8, 4) is 0 Å². The number of hydrogen-bond acceptors (Lipinski definition) is 9. The summed E-state index contributed by atoms with van der Waals surface area (Å²) < 4.78 is 12.9. The molecule has 2 aromatic rings. The number of anilines is 1. The lowest BCUT2D eigenvalue weighted by Gasteiger charge is -2.22. The minimum absolute atomic E-state index is 0.258. The standard InChI is InChI=1S/C17H25N5O5/c1-4-5-6-11(24)27-14-13(25)10(7-23)26-17(14)22-9-20-12-15(21(2)3)18-8-19-16(12)22/h8-10,13-14,17,23,25H,4-7H2,1-3H3/t10-,13-,14+,17-/m1/s1. The summed E-state index contributed by atoms with van der Waals surface area (Å²) in [7, 11) is 3.69. The van der Waals surface area contributed by atoms with Crippen LogP contribution in [0.5, 0.6) is 0 Å². The van der Waals surface area contributed by atoms with Gasteiger partial charge in [-0.05, 0) is 6.42 Å². The second-order valence-electron chi connectivity index (χ2n) is 6.71. The van der Waals surface area contributed by atoms with Crippen LogP contribution < -0.4 is 4.90 Å². The number of imidazole rings is 1. The Bertz CT molecular complexity index is 795. The van der Waals surface area contributed by atoms with E-state index in [1.807, 2.05) is 25.9 Å². The van der Waals surface area contributed by atoms with Gasteiger partial charge < -0.3 is 24.6 Å². The maximum atomic E-state index is 12.1. The number of aliphatic hydroxyl groups is 2. The largest absolute Gasteiger partial charge is 0.455 e. The van der Waals surface area contributed by atoms with Gasteiger partial charge in [0, 0.05) is 20.5 Å². The number of unbranched alkanes of at least 4 members (excludes halogenated alkanes) is 1. The SMILES string of the molecule is CCCCC(=O)O[C@H]1[C@H](O)[C@@H](CO)O[C@H]1n1cnc2c(N(C)C)ncnc21. The molecule has 3 rings (SSSR count). The maximum Gasteiger partial charge on any atom is 0.306 e.